The number of nitrogens with two attached hydrogens (primary N) is 1. The summed E-state index contributed by atoms with van der Waals surface area (Å²) in [7, 11) is 1.41. The number of hydrogen-bond donors (Lipinski definition) is 3. The van der Waals surface area contributed by atoms with Crippen LogP contribution in [0.2, 0.25) is 0 Å². The van der Waals surface area contributed by atoms with Gasteiger partial charge in [0.05, 0.1) is 17.3 Å². The molecule has 0 bridgehead atoms. The Labute approximate surface area is 120 Å². The van der Waals surface area contributed by atoms with E-state index in [1.165, 1.54) is 31.8 Å². The average molecular weight is 287 g/mol. The maximum Gasteiger partial charge on any atom is 0.335 e. The summed E-state index contributed by atoms with van der Waals surface area (Å²) in [5, 5.41) is 15.5. The Morgan fingerprint density at radius 1 is 1.38 bits per heavy atom. The van der Waals surface area contributed by atoms with Crippen molar-refractivity contribution in [3.8, 4) is 0 Å². The van der Waals surface area contributed by atoms with E-state index in [9.17, 15) is 4.79 Å². The quantitative estimate of drug-likeness (QED) is 0.562. The minimum atomic E-state index is -0.985. The van der Waals surface area contributed by atoms with E-state index >= 15 is 0 Å². The maximum absolute atomic E-state index is 10.8. The van der Waals surface area contributed by atoms with Gasteiger partial charge in [0.2, 0.25) is 0 Å². The van der Waals surface area contributed by atoms with Gasteiger partial charge in [-0.1, -0.05) is 5.16 Å². The van der Waals surface area contributed by atoms with E-state index in [2.05, 4.69) is 25.3 Å². The van der Waals surface area contributed by atoms with Crippen molar-refractivity contribution in [2.45, 2.75) is 0 Å². The van der Waals surface area contributed by atoms with Crippen LogP contribution in [0.25, 0.3) is 0 Å². The van der Waals surface area contributed by atoms with Crippen LogP contribution in [0.5, 0.6) is 0 Å². The van der Waals surface area contributed by atoms with Crippen LogP contribution in [0.15, 0.2) is 35.7 Å². The third-order valence-corrected chi connectivity index (χ3v) is 2.60. The topological polar surface area (TPSA) is 123 Å². The summed E-state index contributed by atoms with van der Waals surface area (Å²) in [4.78, 5) is 23.4. The second kappa shape index (κ2) is 6.33. The molecule has 0 aliphatic rings. The molecule has 8 nitrogen and oxygen atoms in total. The van der Waals surface area contributed by atoms with Crippen molar-refractivity contribution in [2.24, 2.45) is 5.16 Å². The molecule has 21 heavy (non-hydrogen) atoms. The number of nitrogens with one attached hydrogen (secondary N) is 1. The summed E-state index contributed by atoms with van der Waals surface area (Å²) >= 11 is 0. The molecule has 8 heteroatoms. The van der Waals surface area contributed by atoms with Gasteiger partial charge in [0, 0.05) is 5.69 Å². The van der Waals surface area contributed by atoms with Crippen molar-refractivity contribution >= 4 is 29.5 Å². The fourth-order valence-corrected chi connectivity index (χ4v) is 1.57. The standard InChI is InChI=1S/C13H13N5O3/c1-21-17-6-10-11(14)15-7-16-12(10)18-9-4-2-8(3-5-9)13(19)20/h2-7H,1H3,(H,19,20)(H3,14,15,16,18). The average Bonchev–Trinajstić information content (AvgIpc) is 2.47. The molecule has 0 fully saturated rings. The first-order chi connectivity index (χ1) is 10.1. The van der Waals surface area contributed by atoms with E-state index in [1.807, 2.05) is 0 Å². The van der Waals surface area contributed by atoms with Crippen LogP contribution < -0.4 is 11.1 Å². The Bertz CT molecular complexity index is 670. The van der Waals surface area contributed by atoms with E-state index < -0.39 is 5.97 Å². The summed E-state index contributed by atoms with van der Waals surface area (Å²) in [6, 6.07) is 6.22. The largest absolute Gasteiger partial charge is 0.478 e. The third-order valence-electron chi connectivity index (χ3n) is 2.60. The van der Waals surface area contributed by atoms with E-state index in [0.29, 0.717) is 17.1 Å². The van der Waals surface area contributed by atoms with E-state index in [1.54, 1.807) is 12.1 Å². The number of benzene rings is 1. The van der Waals surface area contributed by atoms with Crippen LogP contribution in [0, 0.1) is 0 Å². The zero-order chi connectivity index (χ0) is 15.2. The molecule has 0 spiro atoms. The number of anilines is 3. The highest BCUT2D eigenvalue weighted by Gasteiger charge is 2.08. The highest BCUT2D eigenvalue weighted by molar-refractivity contribution is 5.92. The number of rotatable bonds is 5. The number of nitrogens with zero attached hydrogens (tertiary/aromatic N) is 3. The molecule has 0 amide bonds. The predicted molar refractivity (Wildman–Crippen MR) is 77.7 cm³/mol. The predicted octanol–water partition coefficient (Wildman–Crippen LogP) is 1.48. The third kappa shape index (κ3) is 3.44. The van der Waals surface area contributed by atoms with E-state index in [0.717, 1.165) is 0 Å². The normalized spacial score (nSPS) is 10.5. The second-order valence-corrected chi connectivity index (χ2v) is 3.95. The summed E-state index contributed by atoms with van der Waals surface area (Å²) < 4.78 is 0. The molecular weight excluding hydrogens is 274 g/mol. The first-order valence-corrected chi connectivity index (χ1v) is 5.89. The molecule has 2 rings (SSSR count). The zero-order valence-electron chi connectivity index (χ0n) is 11.1. The van der Waals surface area contributed by atoms with Crippen molar-refractivity contribution in [1.82, 2.24) is 9.97 Å². The lowest BCUT2D eigenvalue weighted by Gasteiger charge is -2.09. The van der Waals surface area contributed by atoms with Gasteiger partial charge in [-0.25, -0.2) is 14.8 Å². The van der Waals surface area contributed by atoms with Crippen LogP contribution in [-0.2, 0) is 4.84 Å². The van der Waals surface area contributed by atoms with Gasteiger partial charge >= 0.3 is 5.97 Å². The molecule has 0 aliphatic heterocycles. The van der Waals surface area contributed by atoms with E-state index in [4.69, 9.17) is 10.8 Å². The lowest BCUT2D eigenvalue weighted by molar-refractivity contribution is 0.0697. The van der Waals surface area contributed by atoms with Crippen LogP contribution in [0.4, 0.5) is 17.3 Å². The van der Waals surface area contributed by atoms with Crippen molar-refractivity contribution in [3.05, 3.63) is 41.7 Å². The number of hydrogen-bond acceptors (Lipinski definition) is 7. The molecule has 0 aliphatic carbocycles. The molecule has 0 radical (unpaired) electrons. The van der Waals surface area contributed by atoms with Crippen LogP contribution in [0.1, 0.15) is 15.9 Å². The van der Waals surface area contributed by atoms with Gasteiger partial charge in [-0.05, 0) is 24.3 Å². The molecule has 108 valence electrons. The van der Waals surface area contributed by atoms with Gasteiger partial charge < -0.3 is 21.0 Å². The molecule has 1 aromatic heterocycles. The number of carboxylic acids is 1. The first kappa shape index (κ1) is 14.3. The summed E-state index contributed by atoms with van der Waals surface area (Å²) in [6.07, 6.45) is 2.71. The SMILES string of the molecule is CON=Cc1c(N)ncnc1Nc1ccc(C(=O)O)cc1. The monoisotopic (exact) mass is 287 g/mol. The minimum absolute atomic E-state index is 0.198. The number of carbonyl (C=O) groups is 1. The Hall–Kier alpha value is -3.16. The summed E-state index contributed by atoms with van der Waals surface area (Å²) in [6.45, 7) is 0. The second-order valence-electron chi connectivity index (χ2n) is 3.95. The van der Waals surface area contributed by atoms with Gasteiger partial charge in [-0.3, -0.25) is 0 Å². The van der Waals surface area contributed by atoms with Gasteiger partial charge in [-0.2, -0.15) is 0 Å². The maximum atomic E-state index is 10.8. The highest BCUT2D eigenvalue weighted by atomic mass is 16.6. The Morgan fingerprint density at radius 3 is 2.71 bits per heavy atom. The molecule has 1 aromatic carbocycles. The molecule has 0 saturated carbocycles. The van der Waals surface area contributed by atoms with Crippen LogP contribution in [-0.4, -0.2) is 34.4 Å². The van der Waals surface area contributed by atoms with Gasteiger partial charge in [0.15, 0.2) is 0 Å². The number of nitrogen functional groups attached to an aromatic ring is 1. The number of aromatic nitrogens is 2. The smallest absolute Gasteiger partial charge is 0.335 e. The fraction of sp³-hybridized carbons (Fsp3) is 0.0769. The molecule has 0 unspecified atom stereocenters. The first-order valence-electron chi connectivity index (χ1n) is 5.89. The molecular formula is C13H13N5O3. The van der Waals surface area contributed by atoms with E-state index in [-0.39, 0.29) is 11.4 Å². The Balaban J connectivity index is 2.28. The van der Waals surface area contributed by atoms with Gasteiger partial charge in [0.25, 0.3) is 0 Å². The lowest BCUT2D eigenvalue weighted by Crippen LogP contribution is -2.05. The molecule has 0 saturated heterocycles. The molecule has 4 N–H and O–H groups in total. The Morgan fingerprint density at radius 2 is 2.10 bits per heavy atom. The van der Waals surface area contributed by atoms with Crippen molar-refractivity contribution < 1.29 is 14.7 Å². The van der Waals surface area contributed by atoms with Gasteiger partial charge in [0.1, 0.15) is 25.1 Å². The lowest BCUT2D eigenvalue weighted by atomic mass is 10.2. The van der Waals surface area contributed by atoms with Crippen molar-refractivity contribution in [1.29, 1.82) is 0 Å². The molecule has 2 aromatic rings. The Kier molecular flexibility index (Phi) is 4.30. The summed E-state index contributed by atoms with van der Waals surface area (Å²) in [5.41, 5.74) is 7.09. The number of oxime groups is 1. The zero-order valence-corrected chi connectivity index (χ0v) is 11.1. The minimum Gasteiger partial charge on any atom is -0.478 e. The number of aromatic carboxylic acids is 1. The molecule has 0 atom stereocenters. The highest BCUT2D eigenvalue weighted by Crippen LogP contribution is 2.20. The summed E-state index contributed by atoms with van der Waals surface area (Å²) in [5.74, 6) is -0.303. The number of carboxylic acid groups (broad SMARTS) is 1. The van der Waals surface area contributed by atoms with Crippen LogP contribution in [0.3, 0.4) is 0 Å². The van der Waals surface area contributed by atoms with Crippen molar-refractivity contribution in [2.75, 3.05) is 18.2 Å². The molecule has 1 heterocycles. The van der Waals surface area contributed by atoms with Crippen molar-refractivity contribution in [3.63, 3.8) is 0 Å². The fourth-order valence-electron chi connectivity index (χ4n) is 1.57. The van der Waals surface area contributed by atoms with Crippen LogP contribution >= 0.6 is 0 Å². The van der Waals surface area contributed by atoms with Gasteiger partial charge in [-0.15, -0.1) is 0 Å².